The van der Waals surface area contributed by atoms with Crippen molar-refractivity contribution in [2.45, 2.75) is 51.1 Å². The first-order chi connectivity index (χ1) is 17.7. The van der Waals surface area contributed by atoms with Crippen molar-refractivity contribution >= 4 is 11.9 Å². The van der Waals surface area contributed by atoms with Gasteiger partial charge in [0.2, 0.25) is 11.7 Å². The molecule has 192 valence electrons. The highest BCUT2D eigenvalue weighted by Gasteiger charge is 2.29. The molecule has 1 atom stereocenters. The summed E-state index contributed by atoms with van der Waals surface area (Å²) < 4.78 is 16.3. The summed E-state index contributed by atoms with van der Waals surface area (Å²) in [6, 6.07) is 12.5. The number of ether oxygens (including phenoxy) is 1. The molecule has 3 heterocycles. The van der Waals surface area contributed by atoms with Crippen LogP contribution in [0.15, 0.2) is 51.6 Å². The average molecular weight is 494 g/mol. The Labute approximate surface area is 211 Å². The molecule has 2 fully saturated rings. The van der Waals surface area contributed by atoms with Crippen molar-refractivity contribution in [3.8, 4) is 17.1 Å². The number of carbonyl (C=O) groups is 1. The average Bonchev–Trinajstić information content (AvgIpc) is 3.71. The normalized spacial score (nSPS) is 18.6. The number of carbonyl (C=O) groups excluding carboxylic acids is 1. The summed E-state index contributed by atoms with van der Waals surface area (Å²) in [5.41, 5.74) is 0.860. The van der Waals surface area contributed by atoms with Gasteiger partial charge >= 0.3 is 6.01 Å². The number of furan rings is 1. The van der Waals surface area contributed by atoms with Crippen LogP contribution in [0.25, 0.3) is 11.4 Å². The van der Waals surface area contributed by atoms with Crippen molar-refractivity contribution in [2.75, 3.05) is 38.2 Å². The van der Waals surface area contributed by atoms with Gasteiger partial charge in [-0.15, -0.1) is 0 Å². The van der Waals surface area contributed by atoms with Crippen LogP contribution in [0.2, 0.25) is 0 Å². The van der Waals surface area contributed by atoms with Crippen molar-refractivity contribution in [2.24, 2.45) is 5.92 Å². The molecule has 3 aromatic rings. The lowest BCUT2D eigenvalue weighted by Crippen LogP contribution is -2.45. The van der Waals surface area contributed by atoms with Gasteiger partial charge in [-0.25, -0.2) is 0 Å². The van der Waals surface area contributed by atoms with Crippen LogP contribution in [-0.2, 0) is 11.3 Å². The maximum Gasteiger partial charge on any atom is 0.324 e. The van der Waals surface area contributed by atoms with Crippen molar-refractivity contribution < 1.29 is 18.5 Å². The number of nitrogens with one attached hydrogen (secondary N) is 1. The maximum atomic E-state index is 13.0. The molecule has 1 N–H and O–H groups in total. The van der Waals surface area contributed by atoms with Crippen molar-refractivity contribution in [1.29, 1.82) is 0 Å². The summed E-state index contributed by atoms with van der Waals surface area (Å²) in [7, 11) is 1.64. The molecular weight excluding hydrogens is 458 g/mol. The zero-order valence-corrected chi connectivity index (χ0v) is 20.9. The zero-order valence-electron chi connectivity index (χ0n) is 20.9. The molecule has 9 heteroatoms. The molecule has 36 heavy (non-hydrogen) atoms. The minimum atomic E-state index is -0.0971. The van der Waals surface area contributed by atoms with Gasteiger partial charge in [-0.05, 0) is 62.1 Å². The van der Waals surface area contributed by atoms with Crippen molar-refractivity contribution in [1.82, 2.24) is 20.4 Å². The first-order valence-electron chi connectivity index (χ1n) is 13.0. The molecule has 1 aliphatic carbocycles. The second-order valence-electron chi connectivity index (χ2n) is 9.69. The molecule has 1 saturated carbocycles. The van der Waals surface area contributed by atoms with E-state index >= 15 is 0 Å². The van der Waals surface area contributed by atoms with Gasteiger partial charge in [0.1, 0.15) is 11.5 Å². The molecule has 0 bridgehead atoms. The van der Waals surface area contributed by atoms with Gasteiger partial charge in [-0.3, -0.25) is 9.69 Å². The number of benzene rings is 1. The van der Waals surface area contributed by atoms with Crippen LogP contribution >= 0.6 is 0 Å². The Morgan fingerprint density at radius 2 is 2.00 bits per heavy atom. The molecule has 1 amide bonds. The van der Waals surface area contributed by atoms with Crippen molar-refractivity contribution in [3.05, 3.63) is 48.4 Å². The van der Waals surface area contributed by atoms with E-state index in [1.165, 1.54) is 25.7 Å². The molecule has 0 unspecified atom stereocenters. The Bertz CT molecular complexity index is 1090. The summed E-state index contributed by atoms with van der Waals surface area (Å²) in [4.78, 5) is 22.1. The van der Waals surface area contributed by atoms with E-state index in [4.69, 9.17) is 13.7 Å². The number of amides is 1. The van der Waals surface area contributed by atoms with E-state index in [0.717, 1.165) is 49.5 Å². The van der Waals surface area contributed by atoms with Gasteiger partial charge in [-0.2, -0.15) is 4.98 Å². The maximum absolute atomic E-state index is 13.0. The largest absolute Gasteiger partial charge is 0.497 e. The van der Waals surface area contributed by atoms with E-state index < -0.39 is 0 Å². The fourth-order valence-corrected chi connectivity index (χ4v) is 5.30. The van der Waals surface area contributed by atoms with Gasteiger partial charge < -0.3 is 23.9 Å². The number of hydrogen-bond donors (Lipinski definition) is 1. The van der Waals surface area contributed by atoms with Crippen LogP contribution in [0, 0.1) is 5.92 Å². The highest BCUT2D eigenvalue weighted by Crippen LogP contribution is 2.27. The van der Waals surface area contributed by atoms with Crippen LogP contribution in [-0.4, -0.2) is 60.3 Å². The van der Waals surface area contributed by atoms with Gasteiger partial charge in [0, 0.05) is 37.8 Å². The zero-order chi connectivity index (χ0) is 24.7. The SMILES string of the molecule is COc1ccc(-c2noc(N3CCC[C@H](C(=O)NCCN(Cc4ccco4)C4CCCC4)C3)n2)cc1. The summed E-state index contributed by atoms with van der Waals surface area (Å²) in [5, 5.41) is 7.33. The number of anilines is 1. The second-order valence-corrected chi connectivity index (χ2v) is 9.69. The minimum absolute atomic E-state index is 0.0963. The lowest BCUT2D eigenvalue weighted by Gasteiger charge is -2.31. The molecule has 2 aliphatic rings. The predicted octanol–water partition coefficient (Wildman–Crippen LogP) is 4.12. The molecule has 2 aromatic heterocycles. The van der Waals surface area contributed by atoms with E-state index in [1.807, 2.05) is 41.3 Å². The van der Waals surface area contributed by atoms with E-state index in [-0.39, 0.29) is 11.8 Å². The third-order valence-corrected chi connectivity index (χ3v) is 7.30. The predicted molar refractivity (Wildman–Crippen MR) is 136 cm³/mol. The first kappa shape index (κ1) is 24.4. The number of rotatable bonds is 10. The molecule has 0 radical (unpaired) electrons. The Kier molecular flexibility index (Phi) is 7.85. The van der Waals surface area contributed by atoms with E-state index in [0.29, 0.717) is 31.0 Å². The van der Waals surface area contributed by atoms with Crippen molar-refractivity contribution in [3.63, 3.8) is 0 Å². The third kappa shape index (κ3) is 5.90. The lowest BCUT2D eigenvalue weighted by molar-refractivity contribution is -0.125. The molecule has 1 saturated heterocycles. The molecule has 9 nitrogen and oxygen atoms in total. The van der Waals surface area contributed by atoms with Gasteiger partial charge in [-0.1, -0.05) is 18.0 Å². The Hall–Kier alpha value is -3.33. The molecule has 1 aromatic carbocycles. The Morgan fingerprint density at radius 3 is 2.75 bits per heavy atom. The highest BCUT2D eigenvalue weighted by atomic mass is 16.5. The summed E-state index contributed by atoms with van der Waals surface area (Å²) >= 11 is 0. The van der Waals surface area contributed by atoms with E-state index in [1.54, 1.807) is 13.4 Å². The molecule has 5 rings (SSSR count). The van der Waals surface area contributed by atoms with Gasteiger partial charge in [0.05, 0.1) is 25.8 Å². The Balaban J connectivity index is 1.14. The molecule has 1 aliphatic heterocycles. The topological polar surface area (TPSA) is 96.9 Å². The number of piperidine rings is 1. The number of nitrogens with zero attached hydrogens (tertiary/aromatic N) is 4. The van der Waals surface area contributed by atoms with Crippen LogP contribution < -0.4 is 15.0 Å². The van der Waals surface area contributed by atoms with Crippen LogP contribution in [0.1, 0.15) is 44.3 Å². The first-order valence-corrected chi connectivity index (χ1v) is 13.0. The third-order valence-electron chi connectivity index (χ3n) is 7.30. The second kappa shape index (κ2) is 11.6. The fourth-order valence-electron chi connectivity index (χ4n) is 5.30. The summed E-state index contributed by atoms with van der Waals surface area (Å²) in [5.74, 6) is 2.28. The lowest BCUT2D eigenvalue weighted by atomic mass is 9.97. The van der Waals surface area contributed by atoms with E-state index in [9.17, 15) is 4.79 Å². The van der Waals surface area contributed by atoms with Crippen LogP contribution in [0.4, 0.5) is 6.01 Å². The van der Waals surface area contributed by atoms with Crippen LogP contribution in [0.3, 0.4) is 0 Å². The Morgan fingerprint density at radius 1 is 1.17 bits per heavy atom. The number of aromatic nitrogens is 2. The minimum Gasteiger partial charge on any atom is -0.497 e. The monoisotopic (exact) mass is 493 g/mol. The highest BCUT2D eigenvalue weighted by molar-refractivity contribution is 5.79. The molecular formula is C27H35N5O4. The van der Waals surface area contributed by atoms with Crippen LogP contribution in [0.5, 0.6) is 5.75 Å². The van der Waals surface area contributed by atoms with Gasteiger partial charge in [0.25, 0.3) is 0 Å². The molecule has 0 spiro atoms. The van der Waals surface area contributed by atoms with Gasteiger partial charge in [0.15, 0.2) is 0 Å². The summed E-state index contributed by atoms with van der Waals surface area (Å²) in [6.07, 6.45) is 8.48. The summed E-state index contributed by atoms with van der Waals surface area (Å²) in [6.45, 7) is 3.62. The quantitative estimate of drug-likeness (QED) is 0.451. The fraction of sp³-hybridized carbons (Fsp3) is 0.519. The number of methoxy groups -OCH3 is 1. The van der Waals surface area contributed by atoms with E-state index in [2.05, 4.69) is 20.4 Å². The smallest absolute Gasteiger partial charge is 0.324 e. The standard InChI is InChI=1S/C27H35N5O4/c1-34-23-12-10-20(11-13-23)25-29-27(36-30-25)32-15-4-6-21(18-32)26(33)28-14-16-31(22-7-2-3-8-22)19-24-9-5-17-35-24/h5,9-13,17,21-22H,2-4,6-8,14-16,18-19H2,1H3,(H,28,33)/t21-/m0/s1. The number of hydrogen-bond acceptors (Lipinski definition) is 8.